The molecule has 1 amide bonds. The van der Waals surface area contributed by atoms with Gasteiger partial charge in [-0.15, -0.1) is 0 Å². The number of nitrogens with zero attached hydrogens (tertiary/aromatic N) is 1. The van der Waals surface area contributed by atoms with Gasteiger partial charge in [0.2, 0.25) is 5.91 Å². The van der Waals surface area contributed by atoms with Crippen LogP contribution in [0.2, 0.25) is 0 Å². The van der Waals surface area contributed by atoms with Crippen molar-refractivity contribution in [2.45, 2.75) is 45.3 Å². The van der Waals surface area contributed by atoms with Crippen LogP contribution in [0.4, 0.5) is 0 Å². The molecule has 5 heteroatoms. The van der Waals surface area contributed by atoms with Crippen LogP contribution in [0.25, 0.3) is 0 Å². The summed E-state index contributed by atoms with van der Waals surface area (Å²) in [6.07, 6.45) is 1.01. The van der Waals surface area contributed by atoms with Gasteiger partial charge >= 0.3 is 0 Å². The lowest BCUT2D eigenvalue weighted by Crippen LogP contribution is -2.60. The van der Waals surface area contributed by atoms with Gasteiger partial charge in [-0.3, -0.25) is 4.79 Å². The van der Waals surface area contributed by atoms with E-state index in [1.807, 2.05) is 14.1 Å². The second kappa shape index (κ2) is 7.82. The molecular formula is C14H30N4O. The standard InChI is InChI=1S/C14H30N4O/c1-10(2)6-12(9-18(4)5)17-14(19)13-8-15-11(3)7-16-13/h10-13,15-16H,6-9H2,1-5H3,(H,17,19). The lowest BCUT2D eigenvalue weighted by atomic mass is 10.0. The minimum Gasteiger partial charge on any atom is -0.351 e. The highest BCUT2D eigenvalue weighted by molar-refractivity contribution is 5.82. The molecule has 0 aliphatic carbocycles. The Morgan fingerprint density at radius 3 is 2.47 bits per heavy atom. The second-order valence-electron chi connectivity index (χ2n) is 6.37. The molecule has 19 heavy (non-hydrogen) atoms. The van der Waals surface area contributed by atoms with Crippen molar-refractivity contribution in [2.75, 3.05) is 33.7 Å². The molecule has 0 aromatic rings. The molecule has 0 saturated carbocycles. The fraction of sp³-hybridized carbons (Fsp3) is 0.929. The average molecular weight is 270 g/mol. The smallest absolute Gasteiger partial charge is 0.238 e. The van der Waals surface area contributed by atoms with Gasteiger partial charge in [0.15, 0.2) is 0 Å². The minimum atomic E-state index is -0.104. The Balaban J connectivity index is 2.45. The van der Waals surface area contributed by atoms with Crippen molar-refractivity contribution < 1.29 is 4.79 Å². The zero-order valence-corrected chi connectivity index (χ0v) is 13.0. The predicted octanol–water partition coefficient (Wildman–Crippen LogP) is 0.0288. The molecule has 0 spiro atoms. The highest BCUT2D eigenvalue weighted by atomic mass is 16.2. The monoisotopic (exact) mass is 270 g/mol. The van der Waals surface area contributed by atoms with Crippen LogP contribution >= 0.6 is 0 Å². The fourth-order valence-electron chi connectivity index (χ4n) is 2.46. The number of rotatable bonds is 6. The Kier molecular flexibility index (Phi) is 6.75. The lowest BCUT2D eigenvalue weighted by Gasteiger charge is -2.31. The summed E-state index contributed by atoms with van der Waals surface area (Å²) in [5, 5.41) is 9.81. The zero-order valence-electron chi connectivity index (χ0n) is 13.0. The highest BCUT2D eigenvalue weighted by Gasteiger charge is 2.25. The van der Waals surface area contributed by atoms with Gasteiger partial charge in [0.1, 0.15) is 0 Å². The number of carbonyl (C=O) groups is 1. The quantitative estimate of drug-likeness (QED) is 0.637. The van der Waals surface area contributed by atoms with Crippen LogP contribution in [-0.4, -0.2) is 62.7 Å². The maximum absolute atomic E-state index is 12.2. The Labute approximate surface area is 117 Å². The maximum Gasteiger partial charge on any atom is 0.238 e. The van der Waals surface area contributed by atoms with Crippen LogP contribution in [0, 0.1) is 5.92 Å². The molecule has 5 nitrogen and oxygen atoms in total. The first-order valence-electron chi connectivity index (χ1n) is 7.30. The van der Waals surface area contributed by atoms with Crippen LogP contribution < -0.4 is 16.0 Å². The second-order valence-corrected chi connectivity index (χ2v) is 6.37. The number of piperazine rings is 1. The van der Waals surface area contributed by atoms with Crippen molar-refractivity contribution in [3.05, 3.63) is 0 Å². The molecule has 1 aliphatic heterocycles. The Morgan fingerprint density at radius 1 is 1.32 bits per heavy atom. The van der Waals surface area contributed by atoms with Gasteiger partial charge in [-0.1, -0.05) is 13.8 Å². The number of hydrogen-bond acceptors (Lipinski definition) is 4. The van der Waals surface area contributed by atoms with Crippen LogP contribution in [0.15, 0.2) is 0 Å². The van der Waals surface area contributed by atoms with Gasteiger partial charge in [-0.2, -0.15) is 0 Å². The zero-order chi connectivity index (χ0) is 14.4. The molecule has 0 radical (unpaired) electrons. The SMILES string of the molecule is CC(C)CC(CN(C)C)NC(=O)C1CNC(C)CN1. The molecule has 0 aromatic carbocycles. The van der Waals surface area contributed by atoms with Crippen LogP contribution in [-0.2, 0) is 4.79 Å². The molecule has 1 aliphatic rings. The van der Waals surface area contributed by atoms with Crippen molar-refractivity contribution >= 4 is 5.91 Å². The Bertz CT molecular complexity index is 263. The molecule has 1 fully saturated rings. The number of likely N-dealkylation sites (N-methyl/N-ethyl adjacent to an activating group) is 1. The first-order valence-corrected chi connectivity index (χ1v) is 7.30. The maximum atomic E-state index is 12.2. The van der Waals surface area contributed by atoms with E-state index in [2.05, 4.69) is 41.6 Å². The third-order valence-corrected chi connectivity index (χ3v) is 3.35. The summed E-state index contributed by atoms with van der Waals surface area (Å²) in [6.45, 7) is 8.95. The van der Waals surface area contributed by atoms with E-state index in [1.54, 1.807) is 0 Å². The summed E-state index contributed by atoms with van der Waals surface area (Å²) < 4.78 is 0. The third kappa shape index (κ3) is 6.36. The van der Waals surface area contributed by atoms with Gasteiger partial charge in [0, 0.05) is 31.7 Å². The first kappa shape index (κ1) is 16.4. The lowest BCUT2D eigenvalue weighted by molar-refractivity contribution is -0.124. The number of carbonyl (C=O) groups excluding carboxylic acids is 1. The van der Waals surface area contributed by atoms with E-state index < -0.39 is 0 Å². The normalized spacial score (nSPS) is 25.6. The van der Waals surface area contributed by atoms with E-state index in [4.69, 9.17) is 0 Å². The predicted molar refractivity (Wildman–Crippen MR) is 79.2 cm³/mol. The molecule has 3 atom stereocenters. The molecule has 3 N–H and O–H groups in total. The van der Waals surface area contributed by atoms with Crippen molar-refractivity contribution in [3.8, 4) is 0 Å². The Morgan fingerprint density at radius 2 is 2.00 bits per heavy atom. The van der Waals surface area contributed by atoms with E-state index in [9.17, 15) is 4.79 Å². The van der Waals surface area contributed by atoms with Gasteiger partial charge in [0.05, 0.1) is 6.04 Å². The molecule has 1 rings (SSSR count). The number of hydrogen-bond donors (Lipinski definition) is 3. The van der Waals surface area contributed by atoms with Crippen molar-refractivity contribution in [1.82, 2.24) is 20.9 Å². The van der Waals surface area contributed by atoms with E-state index in [0.29, 0.717) is 18.5 Å². The van der Waals surface area contributed by atoms with E-state index in [1.165, 1.54) is 0 Å². The van der Waals surface area contributed by atoms with Crippen molar-refractivity contribution in [2.24, 2.45) is 5.92 Å². The summed E-state index contributed by atoms with van der Waals surface area (Å²) in [5.41, 5.74) is 0. The highest BCUT2D eigenvalue weighted by Crippen LogP contribution is 2.06. The van der Waals surface area contributed by atoms with Gasteiger partial charge in [-0.25, -0.2) is 0 Å². The average Bonchev–Trinajstić information content (AvgIpc) is 2.27. The summed E-state index contributed by atoms with van der Waals surface area (Å²) in [5.74, 6) is 0.703. The van der Waals surface area contributed by atoms with Gasteiger partial charge in [0.25, 0.3) is 0 Å². The number of nitrogens with one attached hydrogen (secondary N) is 3. The minimum absolute atomic E-state index is 0.104. The Hall–Kier alpha value is -0.650. The first-order chi connectivity index (χ1) is 8.88. The summed E-state index contributed by atoms with van der Waals surface area (Å²) in [7, 11) is 4.09. The van der Waals surface area contributed by atoms with E-state index >= 15 is 0 Å². The van der Waals surface area contributed by atoms with Gasteiger partial charge in [-0.05, 0) is 33.4 Å². The molecule has 112 valence electrons. The molecule has 0 aromatic heterocycles. The molecule has 3 unspecified atom stereocenters. The van der Waals surface area contributed by atoms with Gasteiger partial charge < -0.3 is 20.9 Å². The fourth-order valence-corrected chi connectivity index (χ4v) is 2.46. The molecular weight excluding hydrogens is 240 g/mol. The largest absolute Gasteiger partial charge is 0.351 e. The van der Waals surface area contributed by atoms with Crippen LogP contribution in [0.3, 0.4) is 0 Å². The topological polar surface area (TPSA) is 56.4 Å². The van der Waals surface area contributed by atoms with Crippen molar-refractivity contribution in [3.63, 3.8) is 0 Å². The van der Waals surface area contributed by atoms with Crippen LogP contribution in [0.5, 0.6) is 0 Å². The summed E-state index contributed by atoms with van der Waals surface area (Å²) >= 11 is 0. The number of amides is 1. The van der Waals surface area contributed by atoms with E-state index in [0.717, 1.165) is 19.5 Å². The molecule has 1 saturated heterocycles. The van der Waals surface area contributed by atoms with E-state index in [-0.39, 0.29) is 18.0 Å². The molecule has 0 bridgehead atoms. The van der Waals surface area contributed by atoms with Crippen molar-refractivity contribution in [1.29, 1.82) is 0 Å². The summed E-state index contributed by atoms with van der Waals surface area (Å²) in [4.78, 5) is 14.4. The molecule has 1 heterocycles. The third-order valence-electron chi connectivity index (χ3n) is 3.35. The summed E-state index contributed by atoms with van der Waals surface area (Å²) in [6, 6.07) is 0.564. The van der Waals surface area contributed by atoms with Crippen LogP contribution in [0.1, 0.15) is 27.2 Å².